The summed E-state index contributed by atoms with van der Waals surface area (Å²) in [4.78, 5) is 8.78. The first-order valence-corrected chi connectivity index (χ1v) is 7.17. The highest BCUT2D eigenvalue weighted by molar-refractivity contribution is 5.48. The molecule has 2 aromatic rings. The predicted octanol–water partition coefficient (Wildman–Crippen LogP) is 2.97. The highest BCUT2D eigenvalue weighted by Crippen LogP contribution is 2.34. The molecule has 0 amide bonds. The molecule has 0 spiro atoms. The maximum absolute atomic E-state index is 4.52. The number of nitrogens with zero attached hydrogens (tertiary/aromatic N) is 2. The van der Waals surface area contributed by atoms with E-state index < -0.39 is 0 Å². The molecular formula is C16H20N4. The maximum atomic E-state index is 4.52. The second kappa shape index (κ2) is 5.49. The van der Waals surface area contributed by atoms with Gasteiger partial charge in [0.1, 0.15) is 5.82 Å². The zero-order chi connectivity index (χ0) is 13.9. The highest BCUT2D eigenvalue weighted by Gasteiger charge is 2.25. The molecule has 0 bridgehead atoms. The largest absolute Gasteiger partial charge is 0.369 e. The zero-order valence-electron chi connectivity index (χ0n) is 12.0. The summed E-state index contributed by atoms with van der Waals surface area (Å²) in [6, 6.07) is 8.66. The van der Waals surface area contributed by atoms with Gasteiger partial charge in [0.2, 0.25) is 5.95 Å². The van der Waals surface area contributed by atoms with Gasteiger partial charge >= 0.3 is 0 Å². The number of nitrogens with one attached hydrogen (secondary N) is 2. The van der Waals surface area contributed by atoms with E-state index in [1.54, 1.807) is 0 Å². The Balaban J connectivity index is 1.66. The molecule has 0 saturated carbocycles. The fourth-order valence-electron chi connectivity index (χ4n) is 2.63. The molecule has 1 aromatic heterocycles. The highest BCUT2D eigenvalue weighted by atomic mass is 15.1. The summed E-state index contributed by atoms with van der Waals surface area (Å²) < 4.78 is 0. The summed E-state index contributed by atoms with van der Waals surface area (Å²) in [5, 5.41) is 6.61. The fraction of sp³-hybridized carbons (Fsp3) is 0.375. The standard InChI is InChI=1S/C16H20N4/c1-3-17-16-19-9-11(2)15(20-16)18-10-13-8-12-6-4-5-7-14(12)13/h4-7,9,13H,3,8,10H2,1-2H3,(H2,17,18,19,20). The Morgan fingerprint density at radius 2 is 2.10 bits per heavy atom. The van der Waals surface area contributed by atoms with Gasteiger partial charge in [-0.3, -0.25) is 0 Å². The van der Waals surface area contributed by atoms with Crippen molar-refractivity contribution in [1.29, 1.82) is 0 Å². The topological polar surface area (TPSA) is 49.8 Å². The van der Waals surface area contributed by atoms with Gasteiger partial charge in [0, 0.05) is 30.8 Å². The monoisotopic (exact) mass is 268 g/mol. The number of benzene rings is 1. The van der Waals surface area contributed by atoms with Crippen LogP contribution in [0.2, 0.25) is 0 Å². The number of aromatic nitrogens is 2. The maximum Gasteiger partial charge on any atom is 0.224 e. The van der Waals surface area contributed by atoms with Crippen LogP contribution in [0.15, 0.2) is 30.5 Å². The van der Waals surface area contributed by atoms with Crippen molar-refractivity contribution in [3.63, 3.8) is 0 Å². The molecule has 4 nitrogen and oxygen atoms in total. The molecule has 3 rings (SSSR count). The van der Waals surface area contributed by atoms with E-state index in [4.69, 9.17) is 0 Å². The molecular weight excluding hydrogens is 248 g/mol. The number of anilines is 2. The van der Waals surface area contributed by atoms with E-state index in [1.807, 2.05) is 20.0 Å². The molecule has 0 fully saturated rings. The van der Waals surface area contributed by atoms with Crippen molar-refractivity contribution < 1.29 is 0 Å². The first kappa shape index (κ1) is 12.9. The van der Waals surface area contributed by atoms with Crippen molar-refractivity contribution >= 4 is 11.8 Å². The van der Waals surface area contributed by atoms with E-state index in [9.17, 15) is 0 Å². The molecule has 20 heavy (non-hydrogen) atoms. The van der Waals surface area contributed by atoms with Gasteiger partial charge in [-0.1, -0.05) is 24.3 Å². The van der Waals surface area contributed by atoms with Gasteiger partial charge < -0.3 is 10.6 Å². The lowest BCUT2D eigenvalue weighted by atomic mass is 9.77. The van der Waals surface area contributed by atoms with Crippen LogP contribution in [0.25, 0.3) is 0 Å². The zero-order valence-corrected chi connectivity index (χ0v) is 12.0. The molecule has 2 N–H and O–H groups in total. The van der Waals surface area contributed by atoms with Crippen molar-refractivity contribution in [2.75, 3.05) is 23.7 Å². The molecule has 1 aromatic carbocycles. The number of rotatable bonds is 5. The van der Waals surface area contributed by atoms with Crippen LogP contribution in [-0.2, 0) is 6.42 Å². The second-order valence-electron chi connectivity index (χ2n) is 5.24. The van der Waals surface area contributed by atoms with Gasteiger partial charge in [-0.25, -0.2) is 4.98 Å². The summed E-state index contributed by atoms with van der Waals surface area (Å²) in [6.45, 7) is 5.84. The van der Waals surface area contributed by atoms with E-state index >= 15 is 0 Å². The number of hydrogen-bond donors (Lipinski definition) is 2. The molecule has 1 unspecified atom stereocenters. The molecule has 4 heteroatoms. The third-order valence-corrected chi connectivity index (χ3v) is 3.78. The van der Waals surface area contributed by atoms with Crippen LogP contribution in [-0.4, -0.2) is 23.1 Å². The van der Waals surface area contributed by atoms with Gasteiger partial charge in [0.25, 0.3) is 0 Å². The minimum atomic E-state index is 0.600. The van der Waals surface area contributed by atoms with Crippen molar-refractivity contribution in [3.05, 3.63) is 47.2 Å². The van der Waals surface area contributed by atoms with E-state index in [1.165, 1.54) is 11.1 Å². The summed E-state index contributed by atoms with van der Waals surface area (Å²) in [6.07, 6.45) is 3.02. The van der Waals surface area contributed by atoms with Crippen LogP contribution in [0.4, 0.5) is 11.8 Å². The second-order valence-corrected chi connectivity index (χ2v) is 5.24. The smallest absolute Gasteiger partial charge is 0.224 e. The van der Waals surface area contributed by atoms with E-state index in [0.717, 1.165) is 30.9 Å². The summed E-state index contributed by atoms with van der Waals surface area (Å²) >= 11 is 0. The predicted molar refractivity (Wildman–Crippen MR) is 82.3 cm³/mol. The van der Waals surface area contributed by atoms with Crippen LogP contribution in [0.3, 0.4) is 0 Å². The Bertz CT molecular complexity index is 609. The van der Waals surface area contributed by atoms with Crippen molar-refractivity contribution in [2.45, 2.75) is 26.2 Å². The van der Waals surface area contributed by atoms with E-state index in [0.29, 0.717) is 11.9 Å². The minimum Gasteiger partial charge on any atom is -0.369 e. The average Bonchev–Trinajstić information content (AvgIpc) is 2.43. The van der Waals surface area contributed by atoms with Gasteiger partial charge in [-0.05, 0) is 31.4 Å². The van der Waals surface area contributed by atoms with Crippen molar-refractivity contribution in [1.82, 2.24) is 9.97 Å². The number of aryl methyl sites for hydroxylation is 1. The lowest BCUT2D eigenvalue weighted by Crippen LogP contribution is -2.24. The van der Waals surface area contributed by atoms with Crippen LogP contribution in [0.1, 0.15) is 29.5 Å². The van der Waals surface area contributed by atoms with Gasteiger partial charge in [0.05, 0.1) is 0 Å². The SMILES string of the molecule is CCNc1ncc(C)c(NCC2Cc3ccccc32)n1. The lowest BCUT2D eigenvalue weighted by Gasteiger charge is -2.30. The number of hydrogen-bond acceptors (Lipinski definition) is 4. The molecule has 0 aliphatic heterocycles. The Morgan fingerprint density at radius 3 is 2.90 bits per heavy atom. The van der Waals surface area contributed by atoms with Crippen LogP contribution in [0, 0.1) is 6.92 Å². The van der Waals surface area contributed by atoms with Crippen LogP contribution < -0.4 is 10.6 Å². The normalized spacial score (nSPS) is 16.2. The van der Waals surface area contributed by atoms with Crippen molar-refractivity contribution in [2.24, 2.45) is 0 Å². The fourth-order valence-corrected chi connectivity index (χ4v) is 2.63. The Labute approximate surface area is 119 Å². The Hall–Kier alpha value is -2.10. The molecule has 1 atom stereocenters. The van der Waals surface area contributed by atoms with E-state index in [2.05, 4.69) is 44.9 Å². The van der Waals surface area contributed by atoms with Gasteiger partial charge in [0.15, 0.2) is 0 Å². The summed E-state index contributed by atoms with van der Waals surface area (Å²) in [5.74, 6) is 2.22. The third kappa shape index (κ3) is 2.46. The summed E-state index contributed by atoms with van der Waals surface area (Å²) in [5.41, 5.74) is 4.03. The van der Waals surface area contributed by atoms with E-state index in [-0.39, 0.29) is 0 Å². The average molecular weight is 268 g/mol. The van der Waals surface area contributed by atoms with Crippen LogP contribution >= 0.6 is 0 Å². The Morgan fingerprint density at radius 1 is 1.25 bits per heavy atom. The Kier molecular flexibility index (Phi) is 3.54. The molecule has 0 saturated heterocycles. The molecule has 1 heterocycles. The third-order valence-electron chi connectivity index (χ3n) is 3.78. The number of fused-ring (bicyclic) bond motifs is 1. The molecule has 1 aliphatic rings. The van der Waals surface area contributed by atoms with Gasteiger partial charge in [-0.2, -0.15) is 4.98 Å². The molecule has 1 aliphatic carbocycles. The molecule has 104 valence electrons. The molecule has 0 radical (unpaired) electrons. The van der Waals surface area contributed by atoms with Crippen LogP contribution in [0.5, 0.6) is 0 Å². The van der Waals surface area contributed by atoms with Gasteiger partial charge in [-0.15, -0.1) is 0 Å². The summed E-state index contributed by atoms with van der Waals surface area (Å²) in [7, 11) is 0. The first-order chi connectivity index (χ1) is 9.78. The lowest BCUT2D eigenvalue weighted by molar-refractivity contribution is 0.634. The first-order valence-electron chi connectivity index (χ1n) is 7.17. The quantitative estimate of drug-likeness (QED) is 0.875. The van der Waals surface area contributed by atoms with Crippen molar-refractivity contribution in [3.8, 4) is 0 Å². The minimum absolute atomic E-state index is 0.600.